The second kappa shape index (κ2) is 6.46. The molecule has 0 aromatic carbocycles. The second-order valence-electron chi connectivity index (χ2n) is 4.68. The number of hydrogen-bond acceptors (Lipinski definition) is 3. The van der Waals surface area contributed by atoms with E-state index in [9.17, 15) is 0 Å². The van der Waals surface area contributed by atoms with Crippen molar-refractivity contribution in [1.29, 1.82) is 0 Å². The quantitative estimate of drug-likeness (QED) is 0.767. The molecule has 0 aromatic rings. The number of likely N-dealkylation sites (N-methyl/N-ethyl adjacent to an activating group) is 1. The third-order valence-corrected chi connectivity index (χ3v) is 3.81. The highest BCUT2D eigenvalue weighted by Gasteiger charge is 2.24. The molecular formula is C12H26N2O. The smallest absolute Gasteiger partial charge is 0.0695 e. The Morgan fingerprint density at radius 1 is 1.27 bits per heavy atom. The fourth-order valence-corrected chi connectivity index (χ4v) is 2.27. The van der Waals surface area contributed by atoms with Crippen LogP contribution in [0.3, 0.4) is 0 Å². The van der Waals surface area contributed by atoms with Gasteiger partial charge in [-0.2, -0.15) is 0 Å². The van der Waals surface area contributed by atoms with Gasteiger partial charge in [-0.25, -0.2) is 0 Å². The Hall–Kier alpha value is -0.120. The van der Waals surface area contributed by atoms with E-state index in [1.54, 1.807) is 7.11 Å². The monoisotopic (exact) mass is 214 g/mol. The zero-order valence-electron chi connectivity index (χ0n) is 10.6. The van der Waals surface area contributed by atoms with Crippen molar-refractivity contribution in [1.82, 2.24) is 10.2 Å². The predicted octanol–water partition coefficient (Wildman–Crippen LogP) is 1.48. The predicted molar refractivity (Wildman–Crippen MR) is 64.2 cm³/mol. The Labute approximate surface area is 94.2 Å². The van der Waals surface area contributed by atoms with Crippen molar-refractivity contribution in [3.8, 4) is 0 Å². The molecule has 0 saturated carbocycles. The Morgan fingerprint density at radius 3 is 2.67 bits per heavy atom. The summed E-state index contributed by atoms with van der Waals surface area (Å²) in [5, 5.41) is 3.46. The molecule has 1 aliphatic heterocycles. The van der Waals surface area contributed by atoms with Crippen LogP contribution in [0, 0.1) is 0 Å². The lowest BCUT2D eigenvalue weighted by Crippen LogP contribution is -2.44. The summed E-state index contributed by atoms with van der Waals surface area (Å²) in [5.41, 5.74) is 0. The van der Waals surface area contributed by atoms with Gasteiger partial charge in [0.25, 0.3) is 0 Å². The molecule has 1 fully saturated rings. The van der Waals surface area contributed by atoms with Crippen LogP contribution in [0.25, 0.3) is 0 Å². The van der Waals surface area contributed by atoms with Crippen molar-refractivity contribution >= 4 is 0 Å². The molecule has 3 heteroatoms. The molecule has 0 amide bonds. The van der Waals surface area contributed by atoms with Gasteiger partial charge in [0.05, 0.1) is 6.10 Å². The number of hydrogen-bond donors (Lipinski definition) is 1. The van der Waals surface area contributed by atoms with Gasteiger partial charge >= 0.3 is 0 Å². The lowest BCUT2D eigenvalue weighted by atomic mass is 10.0. The summed E-state index contributed by atoms with van der Waals surface area (Å²) < 4.78 is 5.40. The molecule has 1 aliphatic rings. The Balaban J connectivity index is 2.45. The molecule has 0 spiro atoms. The molecule has 0 bridgehead atoms. The van der Waals surface area contributed by atoms with Gasteiger partial charge in [0.1, 0.15) is 0 Å². The van der Waals surface area contributed by atoms with Crippen LogP contribution in [-0.2, 0) is 4.74 Å². The summed E-state index contributed by atoms with van der Waals surface area (Å²) in [6.07, 6.45) is 4.18. The standard InChI is InChI=1S/C12H26N2O/c1-10(11(2)15-4)14(3)12-6-5-8-13-9-7-12/h10-13H,5-9H2,1-4H3. The average Bonchev–Trinajstić information content (AvgIpc) is 2.54. The van der Waals surface area contributed by atoms with Crippen LogP contribution in [0.5, 0.6) is 0 Å². The summed E-state index contributed by atoms with van der Waals surface area (Å²) in [6, 6.07) is 1.21. The van der Waals surface area contributed by atoms with Gasteiger partial charge in [0.2, 0.25) is 0 Å². The van der Waals surface area contributed by atoms with E-state index >= 15 is 0 Å². The molecule has 3 unspecified atom stereocenters. The summed E-state index contributed by atoms with van der Waals surface area (Å²) in [5.74, 6) is 0. The Morgan fingerprint density at radius 2 is 2.00 bits per heavy atom. The molecule has 1 N–H and O–H groups in total. The second-order valence-corrected chi connectivity index (χ2v) is 4.68. The van der Waals surface area contributed by atoms with Crippen LogP contribution in [0.15, 0.2) is 0 Å². The highest BCUT2D eigenvalue weighted by atomic mass is 16.5. The van der Waals surface area contributed by atoms with E-state index in [0.717, 1.165) is 6.54 Å². The van der Waals surface area contributed by atoms with E-state index in [1.165, 1.54) is 25.8 Å². The maximum absolute atomic E-state index is 5.40. The zero-order chi connectivity index (χ0) is 11.3. The summed E-state index contributed by atoms with van der Waals surface area (Å²) >= 11 is 0. The minimum absolute atomic E-state index is 0.311. The van der Waals surface area contributed by atoms with Crippen LogP contribution in [0.4, 0.5) is 0 Å². The third kappa shape index (κ3) is 3.74. The van der Waals surface area contributed by atoms with Gasteiger partial charge in [-0.3, -0.25) is 4.90 Å². The Bertz CT molecular complexity index is 167. The average molecular weight is 214 g/mol. The normalized spacial score (nSPS) is 27.4. The minimum Gasteiger partial charge on any atom is -0.380 e. The molecule has 3 nitrogen and oxygen atoms in total. The molecule has 0 radical (unpaired) electrons. The van der Waals surface area contributed by atoms with E-state index < -0.39 is 0 Å². The molecule has 0 aliphatic carbocycles. The highest BCUT2D eigenvalue weighted by Crippen LogP contribution is 2.16. The molecule has 1 saturated heterocycles. The van der Waals surface area contributed by atoms with Gasteiger partial charge < -0.3 is 10.1 Å². The van der Waals surface area contributed by atoms with Gasteiger partial charge in [-0.05, 0) is 53.2 Å². The van der Waals surface area contributed by atoms with Crippen molar-refractivity contribution in [2.24, 2.45) is 0 Å². The maximum atomic E-state index is 5.40. The number of methoxy groups -OCH3 is 1. The molecule has 0 aromatic heterocycles. The topological polar surface area (TPSA) is 24.5 Å². The maximum Gasteiger partial charge on any atom is 0.0695 e. The fourth-order valence-electron chi connectivity index (χ4n) is 2.27. The first-order valence-corrected chi connectivity index (χ1v) is 6.12. The summed E-state index contributed by atoms with van der Waals surface area (Å²) in [4.78, 5) is 2.49. The molecule has 1 rings (SSSR count). The van der Waals surface area contributed by atoms with Gasteiger partial charge in [-0.1, -0.05) is 0 Å². The molecular weight excluding hydrogens is 188 g/mol. The number of nitrogens with zero attached hydrogens (tertiary/aromatic N) is 1. The van der Waals surface area contributed by atoms with E-state index in [2.05, 4.69) is 31.1 Å². The number of rotatable bonds is 4. The molecule has 90 valence electrons. The largest absolute Gasteiger partial charge is 0.380 e. The van der Waals surface area contributed by atoms with Crippen molar-refractivity contribution < 1.29 is 4.74 Å². The highest BCUT2D eigenvalue weighted by molar-refractivity contribution is 4.80. The number of ether oxygens (including phenoxy) is 1. The van der Waals surface area contributed by atoms with E-state index in [4.69, 9.17) is 4.74 Å². The SMILES string of the molecule is COC(C)C(C)N(C)C1CCCNCC1. The van der Waals surface area contributed by atoms with Gasteiger partial charge in [0.15, 0.2) is 0 Å². The van der Waals surface area contributed by atoms with Crippen molar-refractivity contribution in [3.63, 3.8) is 0 Å². The van der Waals surface area contributed by atoms with Crippen LogP contribution in [0.2, 0.25) is 0 Å². The summed E-state index contributed by atoms with van der Waals surface area (Å²) in [6.45, 7) is 6.74. The van der Waals surface area contributed by atoms with Gasteiger partial charge in [-0.15, -0.1) is 0 Å². The van der Waals surface area contributed by atoms with Crippen molar-refractivity contribution in [3.05, 3.63) is 0 Å². The van der Waals surface area contributed by atoms with Gasteiger partial charge in [0, 0.05) is 19.2 Å². The fraction of sp³-hybridized carbons (Fsp3) is 1.00. The zero-order valence-corrected chi connectivity index (χ0v) is 10.6. The van der Waals surface area contributed by atoms with E-state index in [0.29, 0.717) is 18.2 Å². The third-order valence-electron chi connectivity index (χ3n) is 3.81. The van der Waals surface area contributed by atoms with Crippen molar-refractivity contribution in [2.75, 3.05) is 27.2 Å². The lowest BCUT2D eigenvalue weighted by molar-refractivity contribution is 0.0246. The Kier molecular flexibility index (Phi) is 5.58. The first kappa shape index (κ1) is 12.9. The van der Waals surface area contributed by atoms with Crippen molar-refractivity contribution in [2.45, 2.75) is 51.3 Å². The summed E-state index contributed by atoms with van der Waals surface area (Å²) in [7, 11) is 4.03. The van der Waals surface area contributed by atoms with Crippen LogP contribution < -0.4 is 5.32 Å². The number of nitrogens with one attached hydrogen (secondary N) is 1. The van der Waals surface area contributed by atoms with Crippen LogP contribution in [0.1, 0.15) is 33.1 Å². The molecule has 3 atom stereocenters. The minimum atomic E-state index is 0.311. The van der Waals surface area contributed by atoms with Crippen LogP contribution >= 0.6 is 0 Å². The van der Waals surface area contributed by atoms with E-state index in [-0.39, 0.29) is 0 Å². The lowest BCUT2D eigenvalue weighted by Gasteiger charge is -2.35. The molecule has 1 heterocycles. The molecule has 15 heavy (non-hydrogen) atoms. The first-order valence-electron chi connectivity index (χ1n) is 6.12. The van der Waals surface area contributed by atoms with Crippen LogP contribution in [-0.4, -0.2) is 50.3 Å². The van der Waals surface area contributed by atoms with E-state index in [1.807, 2.05) is 0 Å². The first-order chi connectivity index (χ1) is 7.16.